The summed E-state index contributed by atoms with van der Waals surface area (Å²) in [6.07, 6.45) is 64.3. The number of hydrogen-bond donors (Lipinski definition) is 0. The van der Waals surface area contributed by atoms with Gasteiger partial charge in [-0.1, -0.05) is 294 Å². The van der Waals surface area contributed by atoms with Crippen LogP contribution in [0, 0.1) is 0 Å². The second kappa shape index (κ2) is 46.9. The number of hydrogen-bond acceptors (Lipinski definition) is 1. The van der Waals surface area contributed by atoms with Gasteiger partial charge in [0.15, 0.2) is 0 Å². The van der Waals surface area contributed by atoms with E-state index < -0.39 is 0 Å². The standard InChI is InChI=1S/C62H110O/c1-3-5-7-9-27-33-39-45-59-49-53-61(54-50-59)47-41-35-29-23-19-15-11-13-17-21-25-31-37-43-57-63-58-44-38-32-26-22-18-14-12-16-20-24-30-36-42-48-62-55-51-60(52-56-62)46-40-34-28-10-8-6-4-2/h49-56H,3-48,57-58H2,1-2H3. The van der Waals surface area contributed by atoms with Crippen LogP contribution in [-0.4, -0.2) is 13.2 Å². The summed E-state index contributed by atoms with van der Waals surface area (Å²) in [7, 11) is 0. The van der Waals surface area contributed by atoms with Gasteiger partial charge in [0, 0.05) is 13.2 Å². The molecule has 0 radical (unpaired) electrons. The molecule has 0 heterocycles. The van der Waals surface area contributed by atoms with Gasteiger partial charge >= 0.3 is 0 Å². The van der Waals surface area contributed by atoms with Gasteiger partial charge in [-0.15, -0.1) is 0 Å². The molecule has 0 aliphatic rings. The Labute approximate surface area is 396 Å². The summed E-state index contributed by atoms with van der Waals surface area (Å²) < 4.78 is 5.96. The molecule has 0 saturated heterocycles. The third-order valence-electron chi connectivity index (χ3n) is 14.2. The van der Waals surface area contributed by atoms with Crippen LogP contribution in [0.25, 0.3) is 0 Å². The number of aryl methyl sites for hydroxylation is 4. The van der Waals surface area contributed by atoms with Crippen LogP contribution < -0.4 is 0 Å². The lowest BCUT2D eigenvalue weighted by Gasteiger charge is -2.06. The second-order valence-electron chi connectivity index (χ2n) is 20.4. The molecule has 0 unspecified atom stereocenters. The quantitative estimate of drug-likeness (QED) is 0.0602. The van der Waals surface area contributed by atoms with E-state index in [1.165, 1.54) is 295 Å². The number of unbranched alkanes of at least 4 members (excludes halogenated alkanes) is 38. The van der Waals surface area contributed by atoms with Crippen molar-refractivity contribution in [2.24, 2.45) is 0 Å². The van der Waals surface area contributed by atoms with Gasteiger partial charge in [-0.25, -0.2) is 0 Å². The molecule has 364 valence electrons. The van der Waals surface area contributed by atoms with Crippen LogP contribution in [0.4, 0.5) is 0 Å². The minimum Gasteiger partial charge on any atom is -0.381 e. The first-order chi connectivity index (χ1) is 31.3. The summed E-state index contributed by atoms with van der Waals surface area (Å²) in [5, 5.41) is 0. The van der Waals surface area contributed by atoms with E-state index >= 15 is 0 Å². The monoisotopic (exact) mass is 871 g/mol. The maximum atomic E-state index is 5.96. The fourth-order valence-electron chi connectivity index (χ4n) is 9.73. The van der Waals surface area contributed by atoms with Crippen LogP contribution in [0.5, 0.6) is 0 Å². The van der Waals surface area contributed by atoms with Crippen LogP contribution in [0.1, 0.15) is 306 Å². The van der Waals surface area contributed by atoms with Crippen molar-refractivity contribution in [2.45, 2.75) is 309 Å². The van der Waals surface area contributed by atoms with Crippen molar-refractivity contribution >= 4 is 0 Å². The first-order valence-electron chi connectivity index (χ1n) is 29.0. The third kappa shape index (κ3) is 39.3. The molecular weight excluding hydrogens is 761 g/mol. The first-order valence-corrected chi connectivity index (χ1v) is 29.0. The number of benzene rings is 2. The zero-order valence-corrected chi connectivity index (χ0v) is 43.0. The van der Waals surface area contributed by atoms with Gasteiger partial charge in [0.05, 0.1) is 0 Å². The highest BCUT2D eigenvalue weighted by Crippen LogP contribution is 2.18. The summed E-state index contributed by atoms with van der Waals surface area (Å²) in [5.74, 6) is 0. The third-order valence-corrected chi connectivity index (χ3v) is 14.2. The van der Waals surface area contributed by atoms with E-state index in [0.717, 1.165) is 13.2 Å². The van der Waals surface area contributed by atoms with E-state index in [-0.39, 0.29) is 0 Å². The van der Waals surface area contributed by atoms with Crippen LogP contribution in [-0.2, 0) is 30.4 Å². The topological polar surface area (TPSA) is 9.23 Å². The van der Waals surface area contributed by atoms with Crippen LogP contribution >= 0.6 is 0 Å². The predicted molar refractivity (Wildman–Crippen MR) is 284 cm³/mol. The smallest absolute Gasteiger partial charge is 0.0466 e. The molecule has 0 aliphatic heterocycles. The summed E-state index contributed by atoms with van der Waals surface area (Å²) >= 11 is 0. The van der Waals surface area contributed by atoms with Gasteiger partial charge in [0.25, 0.3) is 0 Å². The van der Waals surface area contributed by atoms with Gasteiger partial charge in [-0.3, -0.25) is 0 Å². The summed E-state index contributed by atoms with van der Waals surface area (Å²) in [6.45, 7) is 6.57. The minimum absolute atomic E-state index is 0.986. The predicted octanol–water partition coefficient (Wildman–Crippen LogP) is 21.0. The largest absolute Gasteiger partial charge is 0.381 e. The Balaban J connectivity index is 1.18. The molecule has 0 fully saturated rings. The van der Waals surface area contributed by atoms with E-state index in [1.807, 2.05) is 0 Å². The van der Waals surface area contributed by atoms with E-state index in [9.17, 15) is 0 Å². The van der Waals surface area contributed by atoms with E-state index in [4.69, 9.17) is 4.74 Å². The molecular formula is C62H110O. The lowest BCUT2D eigenvalue weighted by atomic mass is 10.0. The van der Waals surface area contributed by atoms with Gasteiger partial charge in [-0.2, -0.15) is 0 Å². The molecule has 0 aliphatic carbocycles. The highest BCUT2D eigenvalue weighted by Gasteiger charge is 2.01. The van der Waals surface area contributed by atoms with Crippen LogP contribution in [0.3, 0.4) is 0 Å². The minimum atomic E-state index is 0.986. The lowest BCUT2D eigenvalue weighted by Crippen LogP contribution is -1.97. The van der Waals surface area contributed by atoms with Crippen molar-refractivity contribution in [1.82, 2.24) is 0 Å². The fourth-order valence-corrected chi connectivity index (χ4v) is 9.73. The molecule has 0 spiro atoms. The Kier molecular flexibility index (Phi) is 42.8. The van der Waals surface area contributed by atoms with E-state index in [1.54, 1.807) is 22.3 Å². The van der Waals surface area contributed by atoms with Crippen molar-refractivity contribution in [3.05, 3.63) is 70.8 Å². The van der Waals surface area contributed by atoms with Crippen molar-refractivity contribution in [3.63, 3.8) is 0 Å². The summed E-state index contributed by atoms with van der Waals surface area (Å²) in [5.41, 5.74) is 6.17. The average molecular weight is 872 g/mol. The Morgan fingerprint density at radius 1 is 0.206 bits per heavy atom. The Morgan fingerprint density at radius 2 is 0.365 bits per heavy atom. The van der Waals surface area contributed by atoms with Crippen molar-refractivity contribution < 1.29 is 4.74 Å². The molecule has 0 N–H and O–H groups in total. The van der Waals surface area contributed by atoms with Crippen molar-refractivity contribution in [3.8, 4) is 0 Å². The highest BCUT2D eigenvalue weighted by atomic mass is 16.5. The molecule has 0 aromatic heterocycles. The zero-order chi connectivity index (χ0) is 44.6. The fraction of sp³-hybridized carbons (Fsp3) is 0.806. The SMILES string of the molecule is CCCCCCCCCc1ccc(CCCCCCCCCCCCCCCCOCCCCCCCCCCCCCCCCc2ccc(CCCCCCCCC)cc2)cc1. The van der Waals surface area contributed by atoms with Crippen molar-refractivity contribution in [1.29, 1.82) is 0 Å². The zero-order valence-electron chi connectivity index (χ0n) is 43.0. The molecule has 2 aromatic carbocycles. The van der Waals surface area contributed by atoms with Gasteiger partial charge < -0.3 is 4.74 Å². The lowest BCUT2D eigenvalue weighted by molar-refractivity contribution is 0.125. The molecule has 0 amide bonds. The summed E-state index contributed by atoms with van der Waals surface area (Å²) in [6, 6.07) is 19.2. The number of ether oxygens (including phenoxy) is 1. The Bertz CT molecular complexity index is 1060. The number of rotatable bonds is 50. The van der Waals surface area contributed by atoms with E-state index in [2.05, 4.69) is 62.4 Å². The first kappa shape index (κ1) is 57.5. The van der Waals surface area contributed by atoms with Gasteiger partial charge in [0.1, 0.15) is 0 Å². The second-order valence-corrected chi connectivity index (χ2v) is 20.4. The maximum absolute atomic E-state index is 5.96. The normalized spacial score (nSPS) is 11.6. The Hall–Kier alpha value is -1.60. The molecule has 0 saturated carbocycles. The Morgan fingerprint density at radius 3 is 0.556 bits per heavy atom. The summed E-state index contributed by atoms with van der Waals surface area (Å²) in [4.78, 5) is 0. The molecule has 1 nitrogen and oxygen atoms in total. The average Bonchev–Trinajstić information content (AvgIpc) is 3.30. The molecule has 0 bridgehead atoms. The van der Waals surface area contributed by atoms with Gasteiger partial charge in [-0.05, 0) is 86.5 Å². The van der Waals surface area contributed by atoms with Crippen LogP contribution in [0.15, 0.2) is 48.5 Å². The highest BCUT2D eigenvalue weighted by molar-refractivity contribution is 5.23. The molecule has 2 aromatic rings. The molecule has 63 heavy (non-hydrogen) atoms. The van der Waals surface area contributed by atoms with E-state index in [0.29, 0.717) is 0 Å². The molecule has 0 atom stereocenters. The molecule has 1 heteroatoms. The van der Waals surface area contributed by atoms with Crippen molar-refractivity contribution in [2.75, 3.05) is 13.2 Å². The molecule has 2 rings (SSSR count). The maximum Gasteiger partial charge on any atom is 0.0466 e. The van der Waals surface area contributed by atoms with Crippen LogP contribution in [0.2, 0.25) is 0 Å². The van der Waals surface area contributed by atoms with Gasteiger partial charge in [0.2, 0.25) is 0 Å².